The smallest absolute Gasteiger partial charge is 0.169 e. The summed E-state index contributed by atoms with van der Waals surface area (Å²) in [5, 5.41) is 0. The Morgan fingerprint density at radius 3 is 2.50 bits per heavy atom. The summed E-state index contributed by atoms with van der Waals surface area (Å²) in [6, 6.07) is 4.80. The molecule has 102 valence electrons. The molecule has 1 unspecified atom stereocenters. The number of nitrogens with two attached hydrogens (primary N) is 1. The highest BCUT2D eigenvalue weighted by molar-refractivity contribution is 9.10. The SMILES string of the molecule is CN(C1CCCCCC1)C(CN)c1ccc(Br)o1. The first kappa shape index (κ1) is 14.1. The van der Waals surface area contributed by atoms with Crippen molar-refractivity contribution in [3.63, 3.8) is 0 Å². The monoisotopic (exact) mass is 314 g/mol. The zero-order chi connectivity index (χ0) is 13.0. The average Bonchev–Trinajstić information content (AvgIpc) is 2.65. The van der Waals surface area contributed by atoms with Gasteiger partial charge >= 0.3 is 0 Å². The number of hydrogen-bond donors (Lipinski definition) is 1. The van der Waals surface area contributed by atoms with Crippen molar-refractivity contribution in [1.29, 1.82) is 0 Å². The minimum absolute atomic E-state index is 0.194. The molecule has 2 N–H and O–H groups in total. The van der Waals surface area contributed by atoms with E-state index in [2.05, 4.69) is 27.9 Å². The van der Waals surface area contributed by atoms with Crippen molar-refractivity contribution in [2.24, 2.45) is 5.73 Å². The lowest BCUT2D eigenvalue weighted by atomic mass is 10.0. The molecule has 1 heterocycles. The highest BCUT2D eigenvalue weighted by Crippen LogP contribution is 2.29. The van der Waals surface area contributed by atoms with Gasteiger partial charge in [0.1, 0.15) is 5.76 Å². The summed E-state index contributed by atoms with van der Waals surface area (Å²) in [6.07, 6.45) is 8.01. The van der Waals surface area contributed by atoms with Crippen molar-refractivity contribution in [2.45, 2.75) is 50.6 Å². The molecule has 1 saturated carbocycles. The van der Waals surface area contributed by atoms with E-state index in [1.165, 1.54) is 38.5 Å². The van der Waals surface area contributed by atoms with Gasteiger partial charge in [0, 0.05) is 12.6 Å². The summed E-state index contributed by atoms with van der Waals surface area (Å²) < 4.78 is 6.46. The van der Waals surface area contributed by atoms with E-state index in [1.54, 1.807) is 0 Å². The second kappa shape index (κ2) is 6.73. The summed E-state index contributed by atoms with van der Waals surface area (Å²) in [6.45, 7) is 0.604. The third-order valence-corrected chi connectivity index (χ3v) is 4.46. The van der Waals surface area contributed by atoms with Crippen molar-refractivity contribution < 1.29 is 4.42 Å². The lowest BCUT2D eigenvalue weighted by Crippen LogP contribution is -2.38. The number of likely N-dealkylation sites (N-methyl/N-ethyl adjacent to an activating group) is 1. The maximum atomic E-state index is 5.94. The maximum Gasteiger partial charge on any atom is 0.169 e. The van der Waals surface area contributed by atoms with Gasteiger partial charge in [-0.1, -0.05) is 25.7 Å². The van der Waals surface area contributed by atoms with Crippen molar-refractivity contribution in [1.82, 2.24) is 4.90 Å². The molecule has 0 aliphatic heterocycles. The normalized spacial score (nSPS) is 20.0. The predicted octanol–water partition coefficient (Wildman–Crippen LogP) is 3.70. The van der Waals surface area contributed by atoms with E-state index in [0.717, 1.165) is 10.4 Å². The van der Waals surface area contributed by atoms with Crippen LogP contribution in [0.3, 0.4) is 0 Å². The Bertz CT molecular complexity index is 358. The van der Waals surface area contributed by atoms with Crippen LogP contribution >= 0.6 is 15.9 Å². The van der Waals surface area contributed by atoms with Crippen molar-refractivity contribution in [2.75, 3.05) is 13.6 Å². The maximum absolute atomic E-state index is 5.94. The largest absolute Gasteiger partial charge is 0.453 e. The van der Waals surface area contributed by atoms with E-state index in [0.29, 0.717) is 12.6 Å². The van der Waals surface area contributed by atoms with Gasteiger partial charge in [0.25, 0.3) is 0 Å². The van der Waals surface area contributed by atoms with Crippen LogP contribution in [0.15, 0.2) is 21.2 Å². The Morgan fingerprint density at radius 1 is 1.33 bits per heavy atom. The van der Waals surface area contributed by atoms with Gasteiger partial charge in [-0.2, -0.15) is 0 Å². The minimum atomic E-state index is 0.194. The molecule has 0 saturated heterocycles. The molecule has 1 aromatic rings. The Morgan fingerprint density at radius 2 is 2.00 bits per heavy atom. The van der Waals surface area contributed by atoms with E-state index in [9.17, 15) is 0 Å². The quantitative estimate of drug-likeness (QED) is 0.862. The van der Waals surface area contributed by atoms with Gasteiger partial charge in [0.15, 0.2) is 4.67 Å². The molecular formula is C14H23BrN2O. The molecule has 3 nitrogen and oxygen atoms in total. The lowest BCUT2D eigenvalue weighted by Gasteiger charge is -2.33. The third-order valence-electron chi connectivity index (χ3n) is 4.04. The molecule has 1 aromatic heterocycles. The Balaban J connectivity index is 2.06. The van der Waals surface area contributed by atoms with Crippen LogP contribution in [0.25, 0.3) is 0 Å². The average molecular weight is 315 g/mol. The number of nitrogens with zero attached hydrogens (tertiary/aromatic N) is 1. The van der Waals surface area contributed by atoms with Crippen molar-refractivity contribution in [3.05, 3.63) is 22.6 Å². The van der Waals surface area contributed by atoms with Gasteiger partial charge in [0.2, 0.25) is 0 Å². The predicted molar refractivity (Wildman–Crippen MR) is 77.5 cm³/mol. The van der Waals surface area contributed by atoms with Crippen molar-refractivity contribution in [3.8, 4) is 0 Å². The van der Waals surface area contributed by atoms with Gasteiger partial charge in [-0.05, 0) is 48.0 Å². The summed E-state index contributed by atoms with van der Waals surface area (Å²) >= 11 is 3.36. The van der Waals surface area contributed by atoms with Gasteiger partial charge in [0.05, 0.1) is 6.04 Å². The standard InChI is InChI=1S/C14H23BrN2O/c1-17(11-6-4-2-3-5-7-11)12(10-16)13-8-9-14(15)18-13/h8-9,11-12H,2-7,10,16H2,1H3. The summed E-state index contributed by atoms with van der Waals surface area (Å²) in [4.78, 5) is 2.41. The van der Waals surface area contributed by atoms with E-state index in [4.69, 9.17) is 10.2 Å². The van der Waals surface area contributed by atoms with Crippen LogP contribution in [0.1, 0.15) is 50.3 Å². The molecule has 0 bridgehead atoms. The second-order valence-electron chi connectivity index (χ2n) is 5.20. The van der Waals surface area contributed by atoms with Crippen LogP contribution < -0.4 is 5.73 Å². The Labute approximate surface area is 118 Å². The molecular weight excluding hydrogens is 292 g/mol. The van der Waals surface area contributed by atoms with Crippen LogP contribution in [0.2, 0.25) is 0 Å². The van der Waals surface area contributed by atoms with Crippen LogP contribution in [-0.2, 0) is 0 Å². The molecule has 1 fully saturated rings. The van der Waals surface area contributed by atoms with E-state index in [-0.39, 0.29) is 6.04 Å². The van der Waals surface area contributed by atoms with Crippen LogP contribution in [0.4, 0.5) is 0 Å². The number of hydrogen-bond acceptors (Lipinski definition) is 3. The number of furan rings is 1. The molecule has 0 radical (unpaired) electrons. The molecule has 18 heavy (non-hydrogen) atoms. The minimum Gasteiger partial charge on any atom is -0.453 e. The molecule has 0 aromatic carbocycles. The van der Waals surface area contributed by atoms with Gasteiger partial charge < -0.3 is 10.2 Å². The number of halogens is 1. The summed E-state index contributed by atoms with van der Waals surface area (Å²) in [7, 11) is 2.18. The lowest BCUT2D eigenvalue weighted by molar-refractivity contribution is 0.143. The topological polar surface area (TPSA) is 42.4 Å². The highest BCUT2D eigenvalue weighted by Gasteiger charge is 2.26. The summed E-state index contributed by atoms with van der Waals surface area (Å²) in [5.41, 5.74) is 5.94. The van der Waals surface area contributed by atoms with E-state index in [1.807, 2.05) is 12.1 Å². The Hall–Kier alpha value is -0.320. The first-order chi connectivity index (χ1) is 8.72. The van der Waals surface area contributed by atoms with E-state index < -0.39 is 0 Å². The molecule has 1 aliphatic rings. The fourth-order valence-electron chi connectivity index (χ4n) is 2.91. The zero-order valence-electron chi connectivity index (χ0n) is 11.1. The molecule has 0 amide bonds. The fourth-order valence-corrected chi connectivity index (χ4v) is 3.23. The molecule has 1 aliphatic carbocycles. The van der Waals surface area contributed by atoms with Crippen molar-refractivity contribution >= 4 is 15.9 Å². The molecule has 2 rings (SSSR count). The molecule has 1 atom stereocenters. The van der Waals surface area contributed by atoms with E-state index >= 15 is 0 Å². The van der Waals surface area contributed by atoms with Crippen LogP contribution in [0.5, 0.6) is 0 Å². The third kappa shape index (κ3) is 3.37. The fraction of sp³-hybridized carbons (Fsp3) is 0.714. The number of rotatable bonds is 4. The van der Waals surface area contributed by atoms with Gasteiger partial charge in [-0.3, -0.25) is 4.90 Å². The van der Waals surface area contributed by atoms with Crippen LogP contribution in [-0.4, -0.2) is 24.5 Å². The first-order valence-corrected chi connectivity index (χ1v) is 7.69. The zero-order valence-corrected chi connectivity index (χ0v) is 12.7. The van der Waals surface area contributed by atoms with Crippen LogP contribution in [0, 0.1) is 0 Å². The summed E-state index contributed by atoms with van der Waals surface area (Å²) in [5.74, 6) is 0.969. The first-order valence-electron chi connectivity index (χ1n) is 6.89. The molecule has 0 spiro atoms. The molecule has 4 heteroatoms. The Kier molecular flexibility index (Phi) is 5.27. The van der Waals surface area contributed by atoms with Gasteiger partial charge in [-0.25, -0.2) is 0 Å². The van der Waals surface area contributed by atoms with Gasteiger partial charge in [-0.15, -0.1) is 0 Å². The highest BCUT2D eigenvalue weighted by atomic mass is 79.9. The second-order valence-corrected chi connectivity index (χ2v) is 5.99.